The van der Waals surface area contributed by atoms with E-state index in [0.717, 1.165) is 11.1 Å². The Hall–Kier alpha value is -3.94. The van der Waals surface area contributed by atoms with Crippen LogP contribution in [0.4, 0.5) is 4.39 Å². The number of ether oxygens (including phenoxy) is 1. The normalized spacial score (nSPS) is 12.0. The van der Waals surface area contributed by atoms with Crippen LogP contribution >= 0.6 is 0 Å². The molecule has 0 aliphatic carbocycles. The number of rotatable bonds is 6. The highest BCUT2D eigenvalue weighted by Crippen LogP contribution is 2.22. The number of carbonyl (C=O) groups is 1. The van der Waals surface area contributed by atoms with Crippen LogP contribution in [0.1, 0.15) is 17.3 Å². The Kier molecular flexibility index (Phi) is 5.53. The van der Waals surface area contributed by atoms with Crippen LogP contribution in [0.15, 0.2) is 65.6 Å². The molecule has 0 saturated carbocycles. The molecule has 2 N–H and O–H groups in total. The van der Waals surface area contributed by atoms with Crippen molar-refractivity contribution in [2.24, 2.45) is 7.05 Å². The summed E-state index contributed by atoms with van der Waals surface area (Å²) in [7, 11) is 1.67. The van der Waals surface area contributed by atoms with Gasteiger partial charge in [-0.3, -0.25) is 14.3 Å². The molecule has 1 atom stereocenters. The van der Waals surface area contributed by atoms with E-state index in [2.05, 4.69) is 15.3 Å². The van der Waals surface area contributed by atoms with Gasteiger partial charge in [0, 0.05) is 24.4 Å². The van der Waals surface area contributed by atoms with Crippen molar-refractivity contribution in [3.8, 4) is 16.9 Å². The van der Waals surface area contributed by atoms with E-state index in [9.17, 15) is 14.0 Å². The monoisotopic (exact) mass is 420 g/mol. The molecule has 4 rings (SSSR count). The standard InChI is InChI=1S/C23H21FN4O3/c1-14(13-31-19-8-6-18(24)7-9-19)26-22(29)16-5-3-4-15(10-16)17-11-20-21(25-12-17)27-23(30)28(20)2/h3-12,14H,13H2,1-2H3,(H,26,29)(H,25,27,30)/t14-/m0/s1. The first-order valence-corrected chi connectivity index (χ1v) is 9.75. The maximum Gasteiger partial charge on any atom is 0.327 e. The first kappa shape index (κ1) is 20.3. The number of hydrogen-bond donors (Lipinski definition) is 2. The van der Waals surface area contributed by atoms with E-state index in [4.69, 9.17) is 4.74 Å². The van der Waals surface area contributed by atoms with Gasteiger partial charge >= 0.3 is 5.69 Å². The molecular formula is C23H21FN4O3. The number of aromatic amines is 1. The lowest BCUT2D eigenvalue weighted by Gasteiger charge is -2.15. The van der Waals surface area contributed by atoms with Gasteiger partial charge in [-0.05, 0) is 55.0 Å². The van der Waals surface area contributed by atoms with Crippen LogP contribution in [0.5, 0.6) is 5.75 Å². The molecule has 0 radical (unpaired) electrons. The number of pyridine rings is 1. The van der Waals surface area contributed by atoms with E-state index in [1.165, 1.54) is 16.7 Å². The maximum atomic E-state index is 13.0. The molecular weight excluding hydrogens is 399 g/mol. The highest BCUT2D eigenvalue weighted by Gasteiger charge is 2.13. The maximum absolute atomic E-state index is 13.0. The summed E-state index contributed by atoms with van der Waals surface area (Å²) in [6.07, 6.45) is 1.66. The Labute approximate surface area is 177 Å². The van der Waals surface area contributed by atoms with Crippen LogP contribution in [-0.4, -0.2) is 33.1 Å². The first-order valence-electron chi connectivity index (χ1n) is 9.75. The number of hydrogen-bond acceptors (Lipinski definition) is 4. The van der Waals surface area contributed by atoms with Gasteiger partial charge in [-0.1, -0.05) is 12.1 Å². The Morgan fingerprint density at radius 3 is 2.74 bits per heavy atom. The first-order chi connectivity index (χ1) is 14.9. The summed E-state index contributed by atoms with van der Waals surface area (Å²) in [6.45, 7) is 2.08. The number of aromatic nitrogens is 3. The number of nitrogens with one attached hydrogen (secondary N) is 2. The number of H-pyrrole nitrogens is 1. The van der Waals surface area contributed by atoms with E-state index in [1.807, 2.05) is 19.1 Å². The third-order valence-electron chi connectivity index (χ3n) is 4.91. The molecule has 2 heterocycles. The van der Waals surface area contributed by atoms with Crippen molar-refractivity contribution in [2.75, 3.05) is 6.61 Å². The average Bonchev–Trinajstić information content (AvgIpc) is 3.06. The van der Waals surface area contributed by atoms with Crippen molar-refractivity contribution in [2.45, 2.75) is 13.0 Å². The van der Waals surface area contributed by atoms with Gasteiger partial charge < -0.3 is 10.1 Å². The SMILES string of the molecule is C[C@@H](COc1ccc(F)cc1)NC(=O)c1cccc(-c2cnc3[nH]c(=O)n(C)c3c2)c1. The molecule has 0 saturated heterocycles. The topological polar surface area (TPSA) is 89.0 Å². The number of halogens is 1. The van der Waals surface area contributed by atoms with Gasteiger partial charge in [-0.25, -0.2) is 14.2 Å². The summed E-state index contributed by atoms with van der Waals surface area (Å²) in [4.78, 5) is 31.4. The van der Waals surface area contributed by atoms with Crippen LogP contribution in [0.2, 0.25) is 0 Å². The number of amides is 1. The zero-order valence-electron chi connectivity index (χ0n) is 17.1. The van der Waals surface area contributed by atoms with Crippen LogP contribution < -0.4 is 15.7 Å². The summed E-state index contributed by atoms with van der Waals surface area (Å²) in [5, 5.41) is 2.89. The van der Waals surface area contributed by atoms with Gasteiger partial charge in [0.1, 0.15) is 18.2 Å². The molecule has 0 bridgehead atoms. The van der Waals surface area contributed by atoms with Gasteiger partial charge in [0.25, 0.3) is 5.91 Å². The van der Waals surface area contributed by atoms with Crippen LogP contribution in [0.3, 0.4) is 0 Å². The number of aryl methyl sites for hydroxylation is 1. The number of carbonyl (C=O) groups excluding carboxylic acids is 1. The molecule has 1 amide bonds. The van der Waals surface area contributed by atoms with Gasteiger partial charge in [0.05, 0.1) is 11.6 Å². The Morgan fingerprint density at radius 1 is 1.19 bits per heavy atom. The van der Waals surface area contributed by atoms with Crippen molar-refractivity contribution in [3.63, 3.8) is 0 Å². The fraction of sp³-hybridized carbons (Fsp3) is 0.174. The molecule has 8 heteroatoms. The number of benzene rings is 2. The summed E-state index contributed by atoms with van der Waals surface area (Å²) < 4.78 is 20.0. The lowest BCUT2D eigenvalue weighted by Crippen LogP contribution is -2.36. The molecule has 0 fully saturated rings. The Morgan fingerprint density at radius 2 is 1.97 bits per heavy atom. The largest absolute Gasteiger partial charge is 0.491 e. The molecule has 7 nitrogen and oxygen atoms in total. The molecule has 2 aromatic heterocycles. The molecule has 4 aromatic rings. The molecule has 0 aliphatic rings. The van der Waals surface area contributed by atoms with Gasteiger partial charge in [0.2, 0.25) is 0 Å². The van der Waals surface area contributed by atoms with Crippen LogP contribution in [0, 0.1) is 5.82 Å². The second-order valence-electron chi connectivity index (χ2n) is 7.30. The fourth-order valence-corrected chi connectivity index (χ4v) is 3.20. The molecule has 0 spiro atoms. The number of imidazole rings is 1. The quantitative estimate of drug-likeness (QED) is 0.501. The molecule has 2 aromatic carbocycles. The predicted octanol–water partition coefficient (Wildman–Crippen LogP) is 3.27. The van der Waals surface area contributed by atoms with E-state index >= 15 is 0 Å². The lowest BCUT2D eigenvalue weighted by molar-refractivity contribution is 0.0926. The molecule has 0 unspecified atom stereocenters. The number of fused-ring (bicyclic) bond motifs is 1. The second-order valence-corrected chi connectivity index (χ2v) is 7.30. The van der Waals surface area contributed by atoms with Crippen molar-refractivity contribution in [1.29, 1.82) is 0 Å². The zero-order valence-corrected chi connectivity index (χ0v) is 17.1. The van der Waals surface area contributed by atoms with Gasteiger partial charge in [-0.2, -0.15) is 0 Å². The third-order valence-corrected chi connectivity index (χ3v) is 4.91. The summed E-state index contributed by atoms with van der Waals surface area (Å²) in [6, 6.07) is 14.5. The van der Waals surface area contributed by atoms with E-state index < -0.39 is 0 Å². The summed E-state index contributed by atoms with van der Waals surface area (Å²) in [5.74, 6) is -0.0339. The zero-order chi connectivity index (χ0) is 22.0. The fourth-order valence-electron chi connectivity index (χ4n) is 3.20. The van der Waals surface area contributed by atoms with E-state index in [1.54, 1.807) is 43.6 Å². The number of nitrogens with zero attached hydrogens (tertiary/aromatic N) is 2. The van der Waals surface area contributed by atoms with Crippen LogP contribution in [0.25, 0.3) is 22.3 Å². The van der Waals surface area contributed by atoms with Crippen molar-refractivity contribution < 1.29 is 13.9 Å². The second kappa shape index (κ2) is 8.43. The molecule has 0 aliphatic heterocycles. The van der Waals surface area contributed by atoms with Crippen molar-refractivity contribution in [3.05, 3.63) is 82.7 Å². The van der Waals surface area contributed by atoms with Crippen molar-refractivity contribution in [1.82, 2.24) is 19.9 Å². The van der Waals surface area contributed by atoms with E-state index in [0.29, 0.717) is 22.5 Å². The molecule has 31 heavy (non-hydrogen) atoms. The Balaban J connectivity index is 1.46. The van der Waals surface area contributed by atoms with Crippen LogP contribution in [-0.2, 0) is 7.05 Å². The lowest BCUT2D eigenvalue weighted by atomic mass is 10.0. The highest BCUT2D eigenvalue weighted by molar-refractivity contribution is 5.95. The smallest absolute Gasteiger partial charge is 0.327 e. The highest BCUT2D eigenvalue weighted by atomic mass is 19.1. The minimum absolute atomic E-state index is 0.232. The van der Waals surface area contributed by atoms with E-state index in [-0.39, 0.29) is 30.1 Å². The summed E-state index contributed by atoms with van der Waals surface area (Å²) >= 11 is 0. The minimum atomic E-state index is -0.332. The van der Waals surface area contributed by atoms with Gasteiger partial charge in [-0.15, -0.1) is 0 Å². The van der Waals surface area contributed by atoms with Crippen molar-refractivity contribution >= 4 is 17.1 Å². The Bertz CT molecular complexity index is 1290. The molecule has 158 valence electrons. The predicted molar refractivity (Wildman–Crippen MR) is 116 cm³/mol. The minimum Gasteiger partial charge on any atom is -0.491 e. The van der Waals surface area contributed by atoms with Gasteiger partial charge in [0.15, 0.2) is 5.65 Å². The third kappa shape index (κ3) is 4.48. The summed E-state index contributed by atoms with van der Waals surface area (Å²) in [5.41, 5.74) is 3.07. The average molecular weight is 420 g/mol.